The van der Waals surface area contributed by atoms with Gasteiger partial charge < -0.3 is 0 Å². The number of allylic oxidation sites excluding steroid dienone is 5. The Morgan fingerprint density at radius 1 is 0.692 bits per heavy atom. The molecule has 5 rings (SSSR count). The molecule has 0 amide bonds. The highest BCUT2D eigenvalue weighted by molar-refractivity contribution is 6.00. The molecule has 0 aliphatic heterocycles. The van der Waals surface area contributed by atoms with Crippen molar-refractivity contribution in [2.24, 2.45) is 0 Å². The van der Waals surface area contributed by atoms with E-state index in [9.17, 15) is 0 Å². The van der Waals surface area contributed by atoms with Crippen LogP contribution in [0.15, 0.2) is 103 Å². The summed E-state index contributed by atoms with van der Waals surface area (Å²) in [6, 6.07) is 26.6. The predicted octanol–water partition coefficient (Wildman–Crippen LogP) is 6.53. The Hall–Kier alpha value is -3.12. The Balaban J connectivity index is 2.01. The van der Waals surface area contributed by atoms with E-state index in [0.717, 1.165) is 0 Å². The van der Waals surface area contributed by atoms with E-state index in [1.807, 2.05) is 6.08 Å². The van der Waals surface area contributed by atoms with Crippen molar-refractivity contribution in [2.45, 2.75) is 12.3 Å². The van der Waals surface area contributed by atoms with Crippen LogP contribution >= 0.6 is 0 Å². The molecule has 124 valence electrons. The lowest BCUT2D eigenvalue weighted by Crippen LogP contribution is -2.25. The molecular weight excluding hydrogens is 312 g/mol. The lowest BCUT2D eigenvalue weighted by Gasteiger charge is -2.30. The summed E-state index contributed by atoms with van der Waals surface area (Å²) in [6.07, 6.45) is 6.35. The normalized spacial score (nSPS) is 18.8. The standard InChI is InChI=1S/C26H20/c1-3-11-18-19-12-5-8-15-23(19)26(22(18)4-2)24-16-9-6-13-20(24)21-14-7-10-17-25(21)26/h3-17H,1H2,2H3/b18-11?,22-4+. The second-order valence-electron chi connectivity index (χ2n) is 6.91. The first kappa shape index (κ1) is 15.2. The Morgan fingerprint density at radius 2 is 1.15 bits per heavy atom. The maximum Gasteiger partial charge on any atom is 0.0722 e. The first-order valence-electron chi connectivity index (χ1n) is 9.13. The summed E-state index contributed by atoms with van der Waals surface area (Å²) in [6.45, 7) is 6.12. The van der Waals surface area contributed by atoms with Crippen LogP contribution in [0, 0.1) is 0 Å². The fourth-order valence-electron chi connectivity index (χ4n) is 5.02. The molecule has 1 spiro atoms. The van der Waals surface area contributed by atoms with Crippen molar-refractivity contribution < 1.29 is 0 Å². The molecule has 0 saturated heterocycles. The van der Waals surface area contributed by atoms with Crippen LogP contribution in [0.4, 0.5) is 0 Å². The van der Waals surface area contributed by atoms with Gasteiger partial charge in [0, 0.05) is 0 Å². The van der Waals surface area contributed by atoms with Crippen LogP contribution in [0.25, 0.3) is 16.7 Å². The van der Waals surface area contributed by atoms with Crippen molar-refractivity contribution in [1.82, 2.24) is 0 Å². The topological polar surface area (TPSA) is 0 Å². The Labute approximate surface area is 154 Å². The summed E-state index contributed by atoms with van der Waals surface area (Å²) >= 11 is 0. The maximum atomic E-state index is 3.97. The molecule has 2 aliphatic rings. The van der Waals surface area contributed by atoms with Crippen molar-refractivity contribution in [2.75, 3.05) is 0 Å². The summed E-state index contributed by atoms with van der Waals surface area (Å²) in [5.41, 5.74) is 10.6. The quantitative estimate of drug-likeness (QED) is 0.475. The number of fused-ring (bicyclic) bond motifs is 7. The number of hydrogen-bond donors (Lipinski definition) is 0. The van der Waals surface area contributed by atoms with Crippen LogP contribution in [0.1, 0.15) is 29.2 Å². The molecule has 3 aromatic carbocycles. The lowest BCUT2D eigenvalue weighted by molar-refractivity contribution is 0.793. The summed E-state index contributed by atoms with van der Waals surface area (Å²) in [5.74, 6) is 0. The van der Waals surface area contributed by atoms with E-state index < -0.39 is 0 Å². The zero-order chi connectivity index (χ0) is 17.7. The minimum Gasteiger partial charge on any atom is -0.0990 e. The van der Waals surface area contributed by atoms with Gasteiger partial charge in [-0.25, -0.2) is 0 Å². The molecule has 0 heterocycles. The molecule has 0 unspecified atom stereocenters. The van der Waals surface area contributed by atoms with Crippen LogP contribution in [-0.2, 0) is 5.41 Å². The maximum absolute atomic E-state index is 3.97. The van der Waals surface area contributed by atoms with Crippen LogP contribution in [0.3, 0.4) is 0 Å². The van der Waals surface area contributed by atoms with Crippen molar-refractivity contribution in [3.8, 4) is 11.1 Å². The smallest absolute Gasteiger partial charge is 0.0722 e. The molecule has 3 aromatic rings. The van der Waals surface area contributed by atoms with E-state index in [-0.39, 0.29) is 5.41 Å². The minimum absolute atomic E-state index is 0.229. The van der Waals surface area contributed by atoms with Gasteiger partial charge in [-0.15, -0.1) is 0 Å². The zero-order valence-electron chi connectivity index (χ0n) is 14.9. The van der Waals surface area contributed by atoms with E-state index in [1.165, 1.54) is 44.5 Å². The summed E-state index contributed by atoms with van der Waals surface area (Å²) in [4.78, 5) is 0. The van der Waals surface area contributed by atoms with E-state index in [2.05, 4.69) is 98.5 Å². The number of rotatable bonds is 1. The molecule has 0 nitrogen and oxygen atoms in total. The molecule has 0 saturated carbocycles. The van der Waals surface area contributed by atoms with Crippen molar-refractivity contribution >= 4 is 5.57 Å². The Morgan fingerprint density at radius 3 is 1.65 bits per heavy atom. The van der Waals surface area contributed by atoms with Crippen molar-refractivity contribution in [3.05, 3.63) is 125 Å². The Kier molecular flexibility index (Phi) is 3.17. The molecular formula is C26H20. The van der Waals surface area contributed by atoms with Crippen LogP contribution in [-0.4, -0.2) is 0 Å². The van der Waals surface area contributed by atoms with Gasteiger partial charge in [-0.1, -0.05) is 97.6 Å². The van der Waals surface area contributed by atoms with Gasteiger partial charge in [-0.2, -0.15) is 0 Å². The van der Waals surface area contributed by atoms with E-state index in [4.69, 9.17) is 0 Å². The third-order valence-corrected chi connectivity index (χ3v) is 5.84. The number of hydrogen-bond acceptors (Lipinski definition) is 0. The average molecular weight is 332 g/mol. The highest BCUT2D eigenvalue weighted by atomic mass is 14.5. The summed E-state index contributed by atoms with van der Waals surface area (Å²) < 4.78 is 0. The molecule has 0 atom stereocenters. The second kappa shape index (κ2) is 5.44. The summed E-state index contributed by atoms with van der Waals surface area (Å²) in [7, 11) is 0. The first-order valence-corrected chi connectivity index (χ1v) is 9.13. The Bertz CT molecular complexity index is 1060. The fourth-order valence-corrected chi connectivity index (χ4v) is 5.02. The van der Waals surface area contributed by atoms with Crippen LogP contribution < -0.4 is 0 Å². The molecule has 26 heavy (non-hydrogen) atoms. The van der Waals surface area contributed by atoms with E-state index >= 15 is 0 Å². The monoisotopic (exact) mass is 332 g/mol. The molecule has 0 aromatic heterocycles. The van der Waals surface area contributed by atoms with Gasteiger partial charge in [0.2, 0.25) is 0 Å². The molecule has 2 aliphatic carbocycles. The van der Waals surface area contributed by atoms with Crippen molar-refractivity contribution in [1.29, 1.82) is 0 Å². The van der Waals surface area contributed by atoms with Gasteiger partial charge in [0.05, 0.1) is 5.41 Å². The third kappa shape index (κ3) is 1.64. The predicted molar refractivity (Wildman–Crippen MR) is 110 cm³/mol. The van der Waals surface area contributed by atoms with Crippen LogP contribution in [0.2, 0.25) is 0 Å². The van der Waals surface area contributed by atoms with E-state index in [1.54, 1.807) is 0 Å². The lowest BCUT2D eigenvalue weighted by atomic mass is 9.70. The number of benzene rings is 3. The molecule has 0 heteroatoms. The molecule has 0 fully saturated rings. The summed E-state index contributed by atoms with van der Waals surface area (Å²) in [5, 5.41) is 0. The minimum atomic E-state index is -0.229. The van der Waals surface area contributed by atoms with Gasteiger partial charge in [-0.05, 0) is 51.5 Å². The van der Waals surface area contributed by atoms with Gasteiger partial charge in [-0.3, -0.25) is 0 Å². The van der Waals surface area contributed by atoms with Gasteiger partial charge >= 0.3 is 0 Å². The average Bonchev–Trinajstić information content (AvgIpc) is 3.15. The SMILES string of the molecule is C=CC=C1/C(=C\C)C2(c3ccccc31)c1ccccc1-c1ccccc12. The van der Waals surface area contributed by atoms with Gasteiger partial charge in [0.1, 0.15) is 0 Å². The molecule has 0 N–H and O–H groups in total. The van der Waals surface area contributed by atoms with Crippen molar-refractivity contribution in [3.63, 3.8) is 0 Å². The molecule has 0 radical (unpaired) electrons. The molecule has 0 bridgehead atoms. The first-order chi connectivity index (χ1) is 12.8. The fraction of sp³-hybridized carbons (Fsp3) is 0.0769. The zero-order valence-corrected chi connectivity index (χ0v) is 14.9. The highest BCUT2D eigenvalue weighted by Crippen LogP contribution is 2.63. The van der Waals surface area contributed by atoms with Gasteiger partial charge in [0.25, 0.3) is 0 Å². The highest BCUT2D eigenvalue weighted by Gasteiger charge is 2.52. The van der Waals surface area contributed by atoms with E-state index in [0.29, 0.717) is 0 Å². The third-order valence-electron chi connectivity index (χ3n) is 5.84. The van der Waals surface area contributed by atoms with Crippen LogP contribution in [0.5, 0.6) is 0 Å². The largest absolute Gasteiger partial charge is 0.0990 e. The second-order valence-corrected chi connectivity index (χ2v) is 6.91. The van der Waals surface area contributed by atoms with Gasteiger partial charge in [0.15, 0.2) is 0 Å².